The highest BCUT2D eigenvalue weighted by Gasteiger charge is 2.31. The van der Waals surface area contributed by atoms with E-state index in [2.05, 4.69) is 32.0 Å². The van der Waals surface area contributed by atoms with Crippen LogP contribution in [-0.4, -0.2) is 17.4 Å². The van der Waals surface area contributed by atoms with Gasteiger partial charge < -0.3 is 10.6 Å². The Bertz CT molecular complexity index is 706. The Hall–Kier alpha value is -2.13. The Kier molecular flexibility index (Phi) is 4.49. The summed E-state index contributed by atoms with van der Waals surface area (Å²) in [6.07, 6.45) is 2.10. The molecule has 23 heavy (non-hydrogen) atoms. The maximum Gasteiger partial charge on any atom is 0.254 e. The third-order valence-corrected chi connectivity index (χ3v) is 4.96. The molecular formula is C20H24N2O. The fraction of sp³-hybridized carbons (Fsp3) is 0.350. The first-order chi connectivity index (χ1) is 11.1. The SMILES string of the molecule is Cc1cccc(C2CCCN2C(=O)c2ccc(CN)cc2)c1C. The number of nitrogens with two attached hydrogens (primary N) is 1. The van der Waals surface area contributed by atoms with Crippen LogP contribution in [0.2, 0.25) is 0 Å². The fourth-order valence-electron chi connectivity index (χ4n) is 3.42. The van der Waals surface area contributed by atoms with Gasteiger partial charge >= 0.3 is 0 Å². The molecule has 0 saturated carbocycles. The zero-order valence-corrected chi connectivity index (χ0v) is 13.9. The van der Waals surface area contributed by atoms with Gasteiger partial charge in [0.1, 0.15) is 0 Å². The molecule has 0 radical (unpaired) electrons. The van der Waals surface area contributed by atoms with Crippen LogP contribution in [0.3, 0.4) is 0 Å². The highest BCUT2D eigenvalue weighted by molar-refractivity contribution is 5.94. The summed E-state index contributed by atoms with van der Waals surface area (Å²) in [6, 6.07) is 14.2. The van der Waals surface area contributed by atoms with Crippen LogP contribution in [0.5, 0.6) is 0 Å². The van der Waals surface area contributed by atoms with E-state index in [1.807, 2.05) is 29.2 Å². The minimum atomic E-state index is 0.122. The fourth-order valence-corrected chi connectivity index (χ4v) is 3.42. The predicted molar refractivity (Wildman–Crippen MR) is 93.3 cm³/mol. The third kappa shape index (κ3) is 3.02. The monoisotopic (exact) mass is 308 g/mol. The molecule has 1 amide bonds. The number of nitrogens with zero attached hydrogens (tertiary/aromatic N) is 1. The van der Waals surface area contributed by atoms with E-state index in [9.17, 15) is 4.79 Å². The first-order valence-corrected chi connectivity index (χ1v) is 8.28. The lowest BCUT2D eigenvalue weighted by Crippen LogP contribution is -2.31. The summed E-state index contributed by atoms with van der Waals surface area (Å²) in [5, 5.41) is 0. The minimum Gasteiger partial charge on any atom is -0.332 e. The number of rotatable bonds is 3. The zero-order chi connectivity index (χ0) is 16.4. The summed E-state index contributed by atoms with van der Waals surface area (Å²) >= 11 is 0. The molecule has 3 nitrogen and oxygen atoms in total. The summed E-state index contributed by atoms with van der Waals surface area (Å²) in [4.78, 5) is 14.9. The van der Waals surface area contributed by atoms with Gasteiger partial charge in [0.2, 0.25) is 0 Å². The Morgan fingerprint density at radius 2 is 1.91 bits per heavy atom. The Morgan fingerprint density at radius 3 is 2.61 bits per heavy atom. The maximum atomic E-state index is 12.9. The second-order valence-corrected chi connectivity index (χ2v) is 6.35. The molecule has 0 spiro atoms. The second kappa shape index (κ2) is 6.55. The molecule has 1 aliphatic heterocycles. The number of likely N-dealkylation sites (tertiary alicyclic amines) is 1. The van der Waals surface area contributed by atoms with Gasteiger partial charge in [-0.1, -0.05) is 30.3 Å². The van der Waals surface area contributed by atoms with E-state index in [0.29, 0.717) is 6.54 Å². The van der Waals surface area contributed by atoms with Gasteiger partial charge in [-0.25, -0.2) is 0 Å². The van der Waals surface area contributed by atoms with Gasteiger partial charge in [-0.15, -0.1) is 0 Å². The van der Waals surface area contributed by atoms with E-state index >= 15 is 0 Å². The van der Waals surface area contributed by atoms with Crippen LogP contribution in [0, 0.1) is 13.8 Å². The lowest BCUT2D eigenvalue weighted by molar-refractivity contribution is 0.0735. The van der Waals surface area contributed by atoms with E-state index in [-0.39, 0.29) is 11.9 Å². The Labute approximate surface area is 138 Å². The third-order valence-electron chi connectivity index (χ3n) is 4.96. The maximum absolute atomic E-state index is 12.9. The van der Waals surface area contributed by atoms with E-state index in [4.69, 9.17) is 5.73 Å². The lowest BCUT2D eigenvalue weighted by Gasteiger charge is -2.27. The second-order valence-electron chi connectivity index (χ2n) is 6.35. The van der Waals surface area contributed by atoms with Crippen molar-refractivity contribution >= 4 is 5.91 Å². The van der Waals surface area contributed by atoms with Crippen molar-refractivity contribution in [1.82, 2.24) is 4.90 Å². The van der Waals surface area contributed by atoms with E-state index in [1.54, 1.807) is 0 Å². The first-order valence-electron chi connectivity index (χ1n) is 8.28. The number of hydrogen-bond donors (Lipinski definition) is 1. The van der Waals surface area contributed by atoms with E-state index < -0.39 is 0 Å². The van der Waals surface area contributed by atoms with Crippen LogP contribution < -0.4 is 5.73 Å². The molecule has 1 atom stereocenters. The Balaban J connectivity index is 1.88. The average molecular weight is 308 g/mol. The average Bonchev–Trinajstić information content (AvgIpc) is 3.06. The summed E-state index contributed by atoms with van der Waals surface area (Å²) in [5.74, 6) is 0.122. The minimum absolute atomic E-state index is 0.122. The number of benzene rings is 2. The first kappa shape index (κ1) is 15.8. The molecule has 1 saturated heterocycles. The number of amides is 1. The van der Waals surface area contributed by atoms with Gasteiger partial charge in [0.15, 0.2) is 0 Å². The molecule has 0 aliphatic carbocycles. The molecule has 120 valence electrons. The molecule has 1 heterocycles. The van der Waals surface area contributed by atoms with Crippen molar-refractivity contribution in [3.63, 3.8) is 0 Å². The molecule has 2 aromatic carbocycles. The molecule has 1 fully saturated rings. The Morgan fingerprint density at radius 1 is 1.17 bits per heavy atom. The summed E-state index contributed by atoms with van der Waals surface area (Å²) in [7, 11) is 0. The number of carbonyl (C=O) groups excluding carboxylic acids is 1. The number of aryl methyl sites for hydroxylation is 1. The standard InChI is InChI=1S/C20H24N2O/c1-14-5-3-6-18(15(14)2)19-7-4-12-22(19)20(23)17-10-8-16(13-21)9-11-17/h3,5-6,8-11,19H,4,7,12-13,21H2,1-2H3. The highest BCUT2D eigenvalue weighted by Crippen LogP contribution is 2.35. The van der Waals surface area contributed by atoms with Gasteiger partial charge in [-0.2, -0.15) is 0 Å². The molecule has 3 rings (SSSR count). The summed E-state index contributed by atoms with van der Waals surface area (Å²) in [6.45, 7) is 5.62. The molecule has 1 aliphatic rings. The van der Waals surface area contributed by atoms with Crippen LogP contribution in [0.15, 0.2) is 42.5 Å². The molecule has 0 aromatic heterocycles. The molecule has 3 heteroatoms. The van der Waals surface area contributed by atoms with Crippen LogP contribution >= 0.6 is 0 Å². The van der Waals surface area contributed by atoms with Crippen molar-refractivity contribution in [1.29, 1.82) is 0 Å². The van der Waals surface area contributed by atoms with Crippen molar-refractivity contribution in [3.8, 4) is 0 Å². The van der Waals surface area contributed by atoms with Crippen molar-refractivity contribution in [2.45, 2.75) is 39.3 Å². The molecule has 0 bridgehead atoms. The van der Waals surface area contributed by atoms with Crippen LogP contribution in [0.4, 0.5) is 0 Å². The van der Waals surface area contributed by atoms with E-state index in [0.717, 1.165) is 30.5 Å². The molecule has 2 aromatic rings. The van der Waals surface area contributed by atoms with Gasteiger partial charge in [0, 0.05) is 18.7 Å². The number of hydrogen-bond acceptors (Lipinski definition) is 2. The largest absolute Gasteiger partial charge is 0.332 e. The van der Waals surface area contributed by atoms with Gasteiger partial charge in [0.25, 0.3) is 5.91 Å². The zero-order valence-electron chi connectivity index (χ0n) is 13.9. The predicted octanol–water partition coefficient (Wildman–Crippen LogP) is 3.74. The van der Waals surface area contributed by atoms with E-state index in [1.165, 1.54) is 16.7 Å². The van der Waals surface area contributed by atoms with Crippen LogP contribution in [-0.2, 0) is 6.54 Å². The summed E-state index contributed by atoms with van der Waals surface area (Å²) in [5.41, 5.74) is 11.3. The molecular weight excluding hydrogens is 284 g/mol. The highest BCUT2D eigenvalue weighted by atomic mass is 16.2. The van der Waals surface area contributed by atoms with Crippen LogP contribution in [0.25, 0.3) is 0 Å². The number of carbonyl (C=O) groups is 1. The van der Waals surface area contributed by atoms with Crippen molar-refractivity contribution in [2.75, 3.05) is 6.54 Å². The molecule has 2 N–H and O–H groups in total. The van der Waals surface area contributed by atoms with Crippen LogP contribution in [0.1, 0.15) is 51.5 Å². The molecule has 1 unspecified atom stereocenters. The van der Waals surface area contributed by atoms with Gasteiger partial charge in [-0.3, -0.25) is 4.79 Å². The normalized spacial score (nSPS) is 17.5. The summed E-state index contributed by atoms with van der Waals surface area (Å²) < 4.78 is 0. The van der Waals surface area contributed by atoms with Crippen molar-refractivity contribution in [2.24, 2.45) is 5.73 Å². The quantitative estimate of drug-likeness (QED) is 0.939. The van der Waals surface area contributed by atoms with Crippen molar-refractivity contribution in [3.05, 3.63) is 70.3 Å². The lowest BCUT2D eigenvalue weighted by atomic mass is 9.95. The smallest absolute Gasteiger partial charge is 0.254 e. The van der Waals surface area contributed by atoms with Crippen molar-refractivity contribution < 1.29 is 4.79 Å². The van der Waals surface area contributed by atoms with Gasteiger partial charge in [-0.05, 0) is 61.1 Å². The topological polar surface area (TPSA) is 46.3 Å². The van der Waals surface area contributed by atoms with Gasteiger partial charge in [0.05, 0.1) is 6.04 Å².